The molecular formula is C14H16OS. The summed E-state index contributed by atoms with van der Waals surface area (Å²) in [5.74, 6) is 2.85. The zero-order valence-corrected chi connectivity index (χ0v) is 10.2. The molecule has 84 valence electrons. The second kappa shape index (κ2) is 5.32. The van der Waals surface area contributed by atoms with E-state index in [2.05, 4.69) is 12.0 Å². The van der Waals surface area contributed by atoms with Crippen LogP contribution >= 0.6 is 11.3 Å². The second-order valence-electron chi connectivity index (χ2n) is 4.25. The summed E-state index contributed by atoms with van der Waals surface area (Å²) in [5.41, 5.74) is 1.41. The number of ketones is 1. The smallest absolute Gasteiger partial charge is 0.172 e. The third-order valence-corrected chi connectivity index (χ3v) is 4.27. The molecule has 1 aromatic rings. The van der Waals surface area contributed by atoms with E-state index in [0.717, 1.165) is 24.1 Å². The predicted molar refractivity (Wildman–Crippen MR) is 68.0 cm³/mol. The third-order valence-electron chi connectivity index (χ3n) is 3.00. The molecule has 0 aromatic carbocycles. The SMILES string of the molecule is C#CCCCC(=O)c1cc2c(s1)CCCC2. The summed E-state index contributed by atoms with van der Waals surface area (Å²) < 4.78 is 0. The van der Waals surface area contributed by atoms with Crippen LogP contribution in [0.15, 0.2) is 6.07 Å². The highest BCUT2D eigenvalue weighted by atomic mass is 32.1. The van der Waals surface area contributed by atoms with Gasteiger partial charge in [-0.2, -0.15) is 0 Å². The Kier molecular flexibility index (Phi) is 3.79. The summed E-state index contributed by atoms with van der Waals surface area (Å²) in [6.07, 6.45) is 12.2. The van der Waals surface area contributed by atoms with Gasteiger partial charge in [0.2, 0.25) is 0 Å². The molecule has 0 aliphatic heterocycles. The number of carbonyl (C=O) groups excluding carboxylic acids is 1. The molecule has 0 radical (unpaired) electrons. The van der Waals surface area contributed by atoms with E-state index in [-0.39, 0.29) is 5.78 Å². The average Bonchev–Trinajstić information content (AvgIpc) is 2.73. The average molecular weight is 232 g/mol. The number of aryl methyl sites for hydroxylation is 2. The highest BCUT2D eigenvalue weighted by Crippen LogP contribution is 2.30. The molecule has 0 unspecified atom stereocenters. The molecule has 1 aromatic heterocycles. The summed E-state index contributed by atoms with van der Waals surface area (Å²) in [5, 5.41) is 0. The van der Waals surface area contributed by atoms with Gasteiger partial charge in [-0.15, -0.1) is 23.7 Å². The minimum atomic E-state index is 0.273. The Morgan fingerprint density at radius 2 is 2.25 bits per heavy atom. The highest BCUT2D eigenvalue weighted by molar-refractivity contribution is 7.14. The lowest BCUT2D eigenvalue weighted by molar-refractivity contribution is 0.0984. The van der Waals surface area contributed by atoms with Gasteiger partial charge in [-0.1, -0.05) is 0 Å². The van der Waals surface area contributed by atoms with Gasteiger partial charge < -0.3 is 0 Å². The fourth-order valence-electron chi connectivity index (χ4n) is 2.10. The van der Waals surface area contributed by atoms with Crippen LogP contribution in [0.2, 0.25) is 0 Å². The van der Waals surface area contributed by atoms with Crippen molar-refractivity contribution in [3.8, 4) is 12.3 Å². The Morgan fingerprint density at radius 3 is 3.00 bits per heavy atom. The number of fused-ring (bicyclic) bond motifs is 1. The van der Waals surface area contributed by atoms with Crippen molar-refractivity contribution in [3.05, 3.63) is 21.4 Å². The molecule has 1 nitrogen and oxygen atoms in total. The maximum atomic E-state index is 11.9. The van der Waals surface area contributed by atoms with E-state index in [0.29, 0.717) is 12.8 Å². The van der Waals surface area contributed by atoms with E-state index in [1.54, 1.807) is 11.3 Å². The van der Waals surface area contributed by atoms with Crippen LogP contribution in [0.1, 0.15) is 52.2 Å². The Bertz CT molecular complexity index is 399. The van der Waals surface area contributed by atoms with E-state index >= 15 is 0 Å². The fraction of sp³-hybridized carbons (Fsp3) is 0.500. The molecule has 2 rings (SSSR count). The van der Waals surface area contributed by atoms with Gasteiger partial charge in [0, 0.05) is 17.7 Å². The van der Waals surface area contributed by atoms with Crippen molar-refractivity contribution in [2.75, 3.05) is 0 Å². The standard InChI is InChI=1S/C14H16OS/c1-2-3-4-8-12(15)14-10-11-7-5-6-9-13(11)16-14/h1,10H,3-9H2. The van der Waals surface area contributed by atoms with Gasteiger partial charge in [0.1, 0.15) is 0 Å². The number of hydrogen-bond donors (Lipinski definition) is 0. The van der Waals surface area contributed by atoms with Crippen LogP contribution in [-0.2, 0) is 12.8 Å². The van der Waals surface area contributed by atoms with Gasteiger partial charge >= 0.3 is 0 Å². The zero-order valence-electron chi connectivity index (χ0n) is 9.42. The number of hydrogen-bond acceptors (Lipinski definition) is 2. The molecule has 1 aliphatic rings. The Morgan fingerprint density at radius 1 is 1.44 bits per heavy atom. The van der Waals surface area contributed by atoms with E-state index < -0.39 is 0 Å². The van der Waals surface area contributed by atoms with Crippen molar-refractivity contribution in [2.45, 2.75) is 44.9 Å². The van der Waals surface area contributed by atoms with Crippen LogP contribution in [0.4, 0.5) is 0 Å². The molecule has 0 saturated heterocycles. The predicted octanol–water partition coefficient (Wildman–Crippen LogP) is 3.61. The molecule has 0 bridgehead atoms. The largest absolute Gasteiger partial charge is 0.293 e. The Labute approximate surface area is 101 Å². The number of Topliss-reactive ketones (excluding diaryl/α,β-unsaturated/α-hetero) is 1. The van der Waals surface area contributed by atoms with Crippen molar-refractivity contribution in [2.24, 2.45) is 0 Å². The van der Waals surface area contributed by atoms with Crippen LogP contribution in [0, 0.1) is 12.3 Å². The summed E-state index contributed by atoms with van der Waals surface area (Å²) in [6.45, 7) is 0. The molecule has 0 atom stereocenters. The summed E-state index contributed by atoms with van der Waals surface area (Å²) in [6, 6.07) is 2.11. The number of unbranched alkanes of at least 4 members (excludes halogenated alkanes) is 1. The molecular weight excluding hydrogens is 216 g/mol. The zero-order chi connectivity index (χ0) is 11.4. The maximum absolute atomic E-state index is 11.9. The first kappa shape index (κ1) is 11.4. The summed E-state index contributed by atoms with van der Waals surface area (Å²) in [7, 11) is 0. The van der Waals surface area contributed by atoms with Crippen molar-refractivity contribution in [3.63, 3.8) is 0 Å². The molecule has 16 heavy (non-hydrogen) atoms. The lowest BCUT2D eigenvalue weighted by Gasteiger charge is -2.08. The minimum absolute atomic E-state index is 0.273. The molecule has 0 saturated carbocycles. The van der Waals surface area contributed by atoms with Gasteiger partial charge in [0.25, 0.3) is 0 Å². The first-order valence-corrected chi connectivity index (χ1v) is 6.71. The van der Waals surface area contributed by atoms with Crippen molar-refractivity contribution in [1.29, 1.82) is 0 Å². The molecule has 1 heterocycles. The molecule has 1 aliphatic carbocycles. The monoisotopic (exact) mass is 232 g/mol. The maximum Gasteiger partial charge on any atom is 0.172 e. The Hall–Kier alpha value is -1.07. The van der Waals surface area contributed by atoms with E-state index in [1.165, 1.54) is 23.3 Å². The minimum Gasteiger partial charge on any atom is -0.293 e. The Balaban J connectivity index is 2.01. The van der Waals surface area contributed by atoms with Gasteiger partial charge in [-0.05, 0) is 43.7 Å². The molecule has 2 heteroatoms. The number of rotatable bonds is 4. The lowest BCUT2D eigenvalue weighted by Crippen LogP contribution is -1.97. The topological polar surface area (TPSA) is 17.1 Å². The van der Waals surface area contributed by atoms with Gasteiger partial charge in [0.05, 0.1) is 4.88 Å². The van der Waals surface area contributed by atoms with Gasteiger partial charge in [-0.25, -0.2) is 0 Å². The highest BCUT2D eigenvalue weighted by Gasteiger charge is 2.16. The fourth-order valence-corrected chi connectivity index (χ4v) is 3.32. The van der Waals surface area contributed by atoms with Crippen LogP contribution < -0.4 is 0 Å². The van der Waals surface area contributed by atoms with Crippen molar-refractivity contribution < 1.29 is 4.79 Å². The first-order valence-electron chi connectivity index (χ1n) is 5.89. The molecule has 0 amide bonds. The molecule has 0 spiro atoms. The van der Waals surface area contributed by atoms with Crippen LogP contribution in [0.5, 0.6) is 0 Å². The van der Waals surface area contributed by atoms with Gasteiger partial charge in [-0.3, -0.25) is 4.79 Å². The molecule has 0 fully saturated rings. The molecule has 0 N–H and O–H groups in total. The van der Waals surface area contributed by atoms with E-state index in [9.17, 15) is 4.79 Å². The van der Waals surface area contributed by atoms with Crippen molar-refractivity contribution >= 4 is 17.1 Å². The van der Waals surface area contributed by atoms with Gasteiger partial charge in [0.15, 0.2) is 5.78 Å². The second-order valence-corrected chi connectivity index (χ2v) is 5.38. The summed E-state index contributed by atoms with van der Waals surface area (Å²) in [4.78, 5) is 14.3. The number of terminal acetylenes is 1. The first-order chi connectivity index (χ1) is 7.81. The quantitative estimate of drug-likeness (QED) is 0.440. The number of carbonyl (C=O) groups is 1. The van der Waals surface area contributed by atoms with E-state index in [1.807, 2.05) is 0 Å². The normalized spacial score (nSPS) is 14.2. The lowest BCUT2D eigenvalue weighted by atomic mass is 9.99. The van der Waals surface area contributed by atoms with Crippen molar-refractivity contribution in [1.82, 2.24) is 0 Å². The van der Waals surface area contributed by atoms with Crippen LogP contribution in [0.3, 0.4) is 0 Å². The van der Waals surface area contributed by atoms with Crippen LogP contribution in [0.25, 0.3) is 0 Å². The number of thiophene rings is 1. The van der Waals surface area contributed by atoms with Crippen LogP contribution in [-0.4, -0.2) is 5.78 Å². The van der Waals surface area contributed by atoms with E-state index in [4.69, 9.17) is 6.42 Å². The summed E-state index contributed by atoms with van der Waals surface area (Å²) >= 11 is 1.70. The third kappa shape index (κ3) is 2.54.